The monoisotopic (exact) mass is 582 g/mol. The molecule has 0 saturated heterocycles. The summed E-state index contributed by atoms with van der Waals surface area (Å²) in [5.74, 6) is 0. The number of hydrogen-bond donors (Lipinski definition) is 0. The molecule has 0 N–H and O–H groups in total. The first-order valence-corrected chi connectivity index (χ1v) is 16.8. The van der Waals surface area contributed by atoms with E-state index in [9.17, 15) is 0 Å². The minimum atomic E-state index is 0.410. The third-order valence-electron chi connectivity index (χ3n) is 1.92. The molecular formula is C11H10I2MoN4O2-2. The van der Waals surface area contributed by atoms with Crippen LogP contribution in [0.25, 0.3) is 22.6 Å². The Morgan fingerprint density at radius 2 is 1.50 bits per heavy atom. The van der Waals surface area contributed by atoms with Gasteiger partial charge in [0.15, 0.2) is 0 Å². The SMILES string of the molecule is Cc1cccnc1-c1ccccn1.[I][Mo][I].[N-]=O.[N-]=O. The van der Waals surface area contributed by atoms with Crippen molar-refractivity contribution in [2.75, 3.05) is 0 Å². The molecule has 0 aliphatic rings. The maximum atomic E-state index is 7.25. The average molecular weight is 580 g/mol. The van der Waals surface area contributed by atoms with Gasteiger partial charge < -0.3 is 21.0 Å². The standard InChI is InChI=1S/C11H10N2.2HI.Mo.2NO/c1-9-5-4-8-13-11(9)10-6-2-3-7-12-10;;;;2*1-2/h2-8H,1H3;2*1H;;;/q;;;+2;2*-1/p-2. The quantitative estimate of drug-likeness (QED) is 0.355. The number of aromatic nitrogens is 2. The number of nitroso groups, excluding NO2 is 2. The molecule has 0 aromatic carbocycles. The van der Waals surface area contributed by atoms with Gasteiger partial charge in [-0.25, -0.2) is 0 Å². The Kier molecular flexibility index (Phi) is 18.3. The van der Waals surface area contributed by atoms with Crippen LogP contribution in [-0.2, 0) is 11.2 Å². The van der Waals surface area contributed by atoms with Crippen LogP contribution in [0.3, 0.4) is 0 Å². The molecule has 0 fully saturated rings. The van der Waals surface area contributed by atoms with Gasteiger partial charge >= 0.3 is 49.9 Å². The summed E-state index contributed by atoms with van der Waals surface area (Å²) in [6.45, 7) is 2.04. The van der Waals surface area contributed by atoms with E-state index >= 15 is 0 Å². The van der Waals surface area contributed by atoms with Crippen LogP contribution < -0.4 is 0 Å². The first-order valence-electron chi connectivity index (χ1n) is 4.88. The van der Waals surface area contributed by atoms with Gasteiger partial charge in [0.25, 0.3) is 0 Å². The Morgan fingerprint density at radius 3 is 1.95 bits per heavy atom. The summed E-state index contributed by atoms with van der Waals surface area (Å²) in [4.78, 5) is 23.0. The number of halogens is 2. The first-order chi connectivity index (χ1) is 9.79. The largest absolute Gasteiger partial charge is 0.577 e. The fourth-order valence-electron chi connectivity index (χ4n) is 1.26. The molecule has 0 bridgehead atoms. The van der Waals surface area contributed by atoms with Gasteiger partial charge in [0.05, 0.1) is 11.4 Å². The molecule has 2 rings (SSSR count). The van der Waals surface area contributed by atoms with Crippen LogP contribution >= 0.6 is 38.7 Å². The smallest absolute Gasteiger partial charge is 0.423 e. The maximum absolute atomic E-state index is 7.25. The molecule has 9 heteroatoms. The van der Waals surface area contributed by atoms with E-state index in [1.54, 1.807) is 12.4 Å². The van der Waals surface area contributed by atoms with Crippen LogP contribution in [0.2, 0.25) is 0 Å². The summed E-state index contributed by atoms with van der Waals surface area (Å²) in [5.41, 5.74) is 14.5. The van der Waals surface area contributed by atoms with E-state index in [-0.39, 0.29) is 0 Å². The van der Waals surface area contributed by atoms with E-state index < -0.39 is 0 Å². The van der Waals surface area contributed by atoms with Gasteiger partial charge in [0.1, 0.15) is 0 Å². The van der Waals surface area contributed by atoms with Crippen LogP contribution in [0.15, 0.2) is 42.7 Å². The van der Waals surface area contributed by atoms with Crippen LogP contribution in [-0.4, -0.2) is 9.97 Å². The Balaban J connectivity index is 0. The minimum Gasteiger partial charge on any atom is -0.577 e. The molecule has 0 aliphatic heterocycles. The molecule has 20 heavy (non-hydrogen) atoms. The van der Waals surface area contributed by atoms with Crippen LogP contribution in [0.4, 0.5) is 0 Å². The Bertz CT molecular complexity index is 463. The second-order valence-corrected chi connectivity index (χ2v) is 18.4. The topological polar surface area (TPSA) is 105 Å². The zero-order chi connectivity index (χ0) is 15.8. The van der Waals surface area contributed by atoms with Crippen molar-refractivity contribution in [2.45, 2.75) is 6.92 Å². The van der Waals surface area contributed by atoms with E-state index in [4.69, 9.17) is 21.0 Å². The number of nitrogens with zero attached hydrogens (tertiary/aromatic N) is 4. The number of rotatable bonds is 1. The summed E-state index contributed by atoms with van der Waals surface area (Å²) in [5, 5.41) is 0. The van der Waals surface area contributed by atoms with Gasteiger partial charge in [0, 0.05) is 12.4 Å². The molecule has 6 nitrogen and oxygen atoms in total. The van der Waals surface area contributed by atoms with Gasteiger partial charge in [-0.15, -0.1) is 0 Å². The van der Waals surface area contributed by atoms with E-state index in [1.165, 1.54) is 0 Å². The zero-order valence-electron chi connectivity index (χ0n) is 10.3. The van der Waals surface area contributed by atoms with Crippen molar-refractivity contribution in [3.05, 3.63) is 69.3 Å². The van der Waals surface area contributed by atoms with E-state index in [1.807, 2.05) is 37.3 Å². The average Bonchev–Trinajstić information content (AvgIpc) is 2.53. The van der Waals surface area contributed by atoms with Gasteiger partial charge in [-0.1, -0.05) is 12.1 Å². The van der Waals surface area contributed by atoms with E-state index in [0.29, 0.717) is 11.2 Å². The van der Waals surface area contributed by atoms with Gasteiger partial charge in [-0.2, -0.15) is 0 Å². The molecule has 2 aromatic rings. The predicted molar refractivity (Wildman–Crippen MR) is 93.7 cm³/mol. The molecule has 0 aliphatic carbocycles. The molecule has 0 amide bonds. The van der Waals surface area contributed by atoms with Crippen molar-refractivity contribution in [1.82, 2.24) is 9.97 Å². The zero-order valence-corrected chi connectivity index (χ0v) is 16.6. The summed E-state index contributed by atoms with van der Waals surface area (Å²) >= 11 is 5.22. The van der Waals surface area contributed by atoms with Crippen LogP contribution in [0, 0.1) is 16.7 Å². The van der Waals surface area contributed by atoms with E-state index in [0.717, 1.165) is 17.0 Å². The van der Waals surface area contributed by atoms with Crippen molar-refractivity contribution in [3.63, 3.8) is 0 Å². The molecule has 108 valence electrons. The Hall–Kier alpha value is -0.352. The normalized spacial score (nSPS) is 7.75. The molecule has 2 aromatic heterocycles. The van der Waals surface area contributed by atoms with Crippen molar-refractivity contribution >= 4 is 38.7 Å². The summed E-state index contributed by atoms with van der Waals surface area (Å²) in [7, 11) is 0. The van der Waals surface area contributed by atoms with Crippen molar-refractivity contribution in [2.24, 2.45) is 0 Å². The van der Waals surface area contributed by atoms with Crippen molar-refractivity contribution in [1.29, 1.82) is 0 Å². The van der Waals surface area contributed by atoms with Gasteiger partial charge in [0.2, 0.25) is 0 Å². The van der Waals surface area contributed by atoms with Gasteiger partial charge in [-0.05, 0) is 30.7 Å². The van der Waals surface area contributed by atoms with E-state index in [2.05, 4.69) is 48.7 Å². The molecule has 0 radical (unpaired) electrons. The second-order valence-electron chi connectivity index (χ2n) is 2.94. The molecule has 2 heterocycles. The molecule has 0 saturated carbocycles. The number of pyridine rings is 2. The Labute approximate surface area is 146 Å². The number of hydrogen-bond acceptors (Lipinski definition) is 4. The van der Waals surface area contributed by atoms with Crippen LogP contribution in [0.5, 0.6) is 0 Å². The second kappa shape index (κ2) is 16.7. The predicted octanol–water partition coefficient (Wildman–Crippen LogP) is 4.87. The molecule has 0 unspecified atom stereocenters. The molecule has 0 atom stereocenters. The van der Waals surface area contributed by atoms with Gasteiger partial charge in [-0.3, -0.25) is 9.97 Å². The third-order valence-corrected chi connectivity index (χ3v) is 1.92. The summed E-state index contributed by atoms with van der Waals surface area (Å²) < 4.78 is 0. The maximum Gasteiger partial charge on any atom is -0.423 e. The minimum absolute atomic E-state index is 0.410. The fourth-order valence-corrected chi connectivity index (χ4v) is 1.26. The summed E-state index contributed by atoms with van der Waals surface area (Å²) in [6, 6.07) is 9.81. The van der Waals surface area contributed by atoms with Crippen LogP contribution in [0.1, 0.15) is 5.56 Å². The Morgan fingerprint density at radius 1 is 0.950 bits per heavy atom. The van der Waals surface area contributed by atoms with Crippen molar-refractivity contribution in [3.8, 4) is 11.4 Å². The first kappa shape index (κ1) is 21.9. The fraction of sp³-hybridized carbons (Fsp3) is 0.0909. The molecular weight excluding hydrogens is 570 g/mol. The third kappa shape index (κ3) is 9.54. The number of aryl methyl sites for hydroxylation is 1. The summed E-state index contributed by atoms with van der Waals surface area (Å²) in [6.07, 6.45) is 3.57. The van der Waals surface area contributed by atoms with Crippen molar-refractivity contribution < 1.29 is 11.2 Å². The molecule has 0 spiro atoms.